The molecule has 152 valence electrons. The molecule has 0 aliphatic carbocycles. The van der Waals surface area contributed by atoms with Crippen LogP contribution in [0.4, 0.5) is 11.5 Å². The quantitative estimate of drug-likeness (QED) is 0.657. The van der Waals surface area contributed by atoms with E-state index in [2.05, 4.69) is 15.2 Å². The highest BCUT2D eigenvalue weighted by atomic mass is 35.5. The second kappa shape index (κ2) is 7.67. The van der Waals surface area contributed by atoms with Crippen LogP contribution in [0.1, 0.15) is 35.6 Å². The lowest BCUT2D eigenvalue weighted by atomic mass is 9.96. The fourth-order valence-corrected chi connectivity index (χ4v) is 4.08. The molecule has 3 heterocycles. The van der Waals surface area contributed by atoms with Crippen LogP contribution in [0.3, 0.4) is 0 Å². The summed E-state index contributed by atoms with van der Waals surface area (Å²) < 4.78 is 5.82. The number of piperidine rings is 1. The summed E-state index contributed by atoms with van der Waals surface area (Å²) in [5.74, 6) is 2.27. The first-order valence-electron chi connectivity index (χ1n) is 9.90. The summed E-state index contributed by atoms with van der Waals surface area (Å²) in [7, 11) is 0. The maximum absolute atomic E-state index is 13.0. The van der Waals surface area contributed by atoms with Crippen molar-refractivity contribution in [1.82, 2.24) is 9.97 Å². The number of anilines is 2. The van der Waals surface area contributed by atoms with Crippen LogP contribution in [0.15, 0.2) is 22.6 Å². The average molecular weight is 413 g/mol. The summed E-state index contributed by atoms with van der Waals surface area (Å²) in [6.07, 6.45) is 1.77. The minimum absolute atomic E-state index is 0.0159. The second-order valence-electron chi connectivity index (χ2n) is 7.79. The largest absolute Gasteiger partial charge is 0.443 e. The monoisotopic (exact) mass is 412 g/mol. The zero-order valence-corrected chi connectivity index (χ0v) is 17.9. The molecule has 1 aromatic carbocycles. The third-order valence-electron chi connectivity index (χ3n) is 5.67. The topological polar surface area (TPSA) is 71.3 Å². The molecule has 3 aromatic rings. The van der Waals surface area contributed by atoms with Crippen LogP contribution in [-0.4, -0.2) is 29.0 Å². The summed E-state index contributed by atoms with van der Waals surface area (Å²) in [6.45, 7) is 9.26. The number of hydrogen-bond donors (Lipinski definition) is 1. The van der Waals surface area contributed by atoms with Gasteiger partial charge in [0.25, 0.3) is 0 Å². The molecule has 1 aliphatic heterocycles. The number of benzene rings is 1. The number of halogens is 1. The zero-order valence-electron chi connectivity index (χ0n) is 17.2. The number of carbonyl (C=O) groups is 1. The first-order valence-corrected chi connectivity index (χ1v) is 10.3. The van der Waals surface area contributed by atoms with E-state index in [9.17, 15) is 4.79 Å². The lowest BCUT2D eigenvalue weighted by Crippen LogP contribution is -2.41. The molecule has 0 spiro atoms. The molecule has 7 heteroatoms. The molecule has 2 aromatic heterocycles. The number of nitrogens with zero attached hydrogens (tertiary/aromatic N) is 3. The number of carbonyl (C=O) groups excluding carboxylic acids is 1. The van der Waals surface area contributed by atoms with E-state index in [1.165, 1.54) is 0 Å². The molecular weight excluding hydrogens is 388 g/mol. The Balaban J connectivity index is 1.60. The van der Waals surface area contributed by atoms with Crippen LogP contribution < -0.4 is 10.2 Å². The Morgan fingerprint density at radius 3 is 2.83 bits per heavy atom. The standard InChI is InChI=1S/C22H25ClN4O2/c1-12-7-8-17(23)10-18(12)26-21(28)16-6-5-9-27(11-16)20-19-13(2)14(3)29-22(19)25-15(4)24-20/h7-8,10,16H,5-6,9,11H2,1-4H3,(H,26,28). The van der Waals surface area contributed by atoms with E-state index in [1.807, 2.05) is 39.8 Å². The van der Waals surface area contributed by atoms with Crippen LogP contribution in [0, 0.1) is 33.6 Å². The molecule has 0 saturated carbocycles. The summed E-state index contributed by atoms with van der Waals surface area (Å²) in [4.78, 5) is 24.3. The van der Waals surface area contributed by atoms with E-state index >= 15 is 0 Å². The van der Waals surface area contributed by atoms with E-state index in [1.54, 1.807) is 6.07 Å². The summed E-state index contributed by atoms with van der Waals surface area (Å²) in [5, 5.41) is 4.61. The molecule has 1 saturated heterocycles. The Bertz CT molecular complexity index is 1090. The molecule has 6 nitrogen and oxygen atoms in total. The van der Waals surface area contributed by atoms with Crippen molar-refractivity contribution in [2.75, 3.05) is 23.3 Å². The minimum atomic E-state index is -0.124. The van der Waals surface area contributed by atoms with E-state index in [0.29, 0.717) is 23.1 Å². The highest BCUT2D eigenvalue weighted by Gasteiger charge is 2.29. The number of aromatic nitrogens is 2. The lowest BCUT2D eigenvalue weighted by Gasteiger charge is -2.33. The molecule has 1 amide bonds. The number of rotatable bonds is 3. The second-order valence-corrected chi connectivity index (χ2v) is 8.23. The van der Waals surface area contributed by atoms with Gasteiger partial charge in [0.2, 0.25) is 11.6 Å². The number of amides is 1. The lowest BCUT2D eigenvalue weighted by molar-refractivity contribution is -0.120. The Labute approximate surface area is 175 Å². The highest BCUT2D eigenvalue weighted by molar-refractivity contribution is 6.31. The Kier molecular flexibility index (Phi) is 5.21. The van der Waals surface area contributed by atoms with Crippen molar-refractivity contribution in [1.29, 1.82) is 0 Å². The van der Waals surface area contributed by atoms with Gasteiger partial charge in [-0.15, -0.1) is 0 Å². The first-order chi connectivity index (χ1) is 13.8. The van der Waals surface area contributed by atoms with Gasteiger partial charge in [-0.25, -0.2) is 4.98 Å². The van der Waals surface area contributed by atoms with Crippen molar-refractivity contribution in [3.63, 3.8) is 0 Å². The van der Waals surface area contributed by atoms with Gasteiger partial charge in [-0.1, -0.05) is 17.7 Å². The van der Waals surface area contributed by atoms with Crippen molar-refractivity contribution >= 4 is 40.1 Å². The maximum Gasteiger partial charge on any atom is 0.231 e. The predicted molar refractivity (Wildman–Crippen MR) is 116 cm³/mol. The van der Waals surface area contributed by atoms with Gasteiger partial charge in [0.05, 0.1) is 11.3 Å². The van der Waals surface area contributed by atoms with Gasteiger partial charge in [-0.2, -0.15) is 4.98 Å². The van der Waals surface area contributed by atoms with Gasteiger partial charge in [-0.3, -0.25) is 4.79 Å². The van der Waals surface area contributed by atoms with Gasteiger partial charge in [0, 0.05) is 29.4 Å². The molecule has 1 fully saturated rings. The van der Waals surface area contributed by atoms with Crippen LogP contribution in [0.2, 0.25) is 5.02 Å². The van der Waals surface area contributed by atoms with Crippen LogP contribution in [0.5, 0.6) is 0 Å². The molecule has 1 N–H and O–H groups in total. The molecule has 1 aliphatic rings. The summed E-state index contributed by atoms with van der Waals surface area (Å²) in [6, 6.07) is 5.53. The van der Waals surface area contributed by atoms with Crippen molar-refractivity contribution in [2.24, 2.45) is 5.92 Å². The van der Waals surface area contributed by atoms with Gasteiger partial charge in [-0.05, 0) is 58.2 Å². The zero-order chi connectivity index (χ0) is 20.7. The normalized spacial score (nSPS) is 17.0. The van der Waals surface area contributed by atoms with Crippen LogP contribution in [0.25, 0.3) is 11.1 Å². The molecule has 29 heavy (non-hydrogen) atoms. The smallest absolute Gasteiger partial charge is 0.231 e. The molecule has 0 radical (unpaired) electrons. The van der Waals surface area contributed by atoms with Crippen molar-refractivity contribution in [3.05, 3.63) is 45.9 Å². The Morgan fingerprint density at radius 2 is 2.03 bits per heavy atom. The van der Waals surface area contributed by atoms with E-state index in [4.69, 9.17) is 21.0 Å². The Morgan fingerprint density at radius 1 is 1.24 bits per heavy atom. The summed E-state index contributed by atoms with van der Waals surface area (Å²) >= 11 is 6.09. The molecular formula is C22H25ClN4O2. The van der Waals surface area contributed by atoms with Gasteiger partial charge >= 0.3 is 0 Å². The van der Waals surface area contributed by atoms with E-state index < -0.39 is 0 Å². The molecule has 1 unspecified atom stereocenters. The predicted octanol–water partition coefficient (Wildman–Crippen LogP) is 4.96. The van der Waals surface area contributed by atoms with Crippen LogP contribution in [-0.2, 0) is 4.79 Å². The fraction of sp³-hybridized carbons (Fsp3) is 0.409. The fourth-order valence-electron chi connectivity index (χ4n) is 3.91. The van der Waals surface area contributed by atoms with Crippen molar-refractivity contribution < 1.29 is 9.21 Å². The third-order valence-corrected chi connectivity index (χ3v) is 5.91. The van der Waals surface area contributed by atoms with E-state index in [-0.39, 0.29) is 11.8 Å². The number of furan rings is 1. The molecule has 4 rings (SSSR count). The van der Waals surface area contributed by atoms with Crippen molar-refractivity contribution in [3.8, 4) is 0 Å². The minimum Gasteiger partial charge on any atom is -0.443 e. The first kappa shape index (κ1) is 19.7. The maximum atomic E-state index is 13.0. The van der Waals surface area contributed by atoms with Crippen molar-refractivity contribution in [2.45, 2.75) is 40.5 Å². The number of nitrogens with one attached hydrogen (secondary N) is 1. The Hall–Kier alpha value is -2.60. The SMILES string of the molecule is Cc1nc(N2CCCC(C(=O)Nc3cc(Cl)ccc3C)C2)c2c(C)c(C)oc2n1. The number of aryl methyl sites for hydroxylation is 4. The molecule has 0 bridgehead atoms. The van der Waals surface area contributed by atoms with Gasteiger partial charge < -0.3 is 14.6 Å². The highest BCUT2D eigenvalue weighted by Crippen LogP contribution is 2.33. The number of hydrogen-bond acceptors (Lipinski definition) is 5. The van der Waals surface area contributed by atoms with Gasteiger partial charge in [0.15, 0.2) is 0 Å². The average Bonchev–Trinajstić information content (AvgIpc) is 2.97. The summed E-state index contributed by atoms with van der Waals surface area (Å²) in [5.41, 5.74) is 3.42. The van der Waals surface area contributed by atoms with E-state index in [0.717, 1.165) is 53.2 Å². The van der Waals surface area contributed by atoms with Crippen LogP contribution >= 0.6 is 11.6 Å². The molecule has 1 atom stereocenters. The number of fused-ring (bicyclic) bond motifs is 1. The third kappa shape index (κ3) is 3.81. The van der Waals surface area contributed by atoms with Gasteiger partial charge in [0.1, 0.15) is 17.4 Å².